The second-order valence-corrected chi connectivity index (χ2v) is 8.28. The molecule has 2 amide bonds. The summed E-state index contributed by atoms with van der Waals surface area (Å²) < 4.78 is 5.26. The minimum atomic E-state index is -0.701. The first kappa shape index (κ1) is 21.5. The van der Waals surface area contributed by atoms with Crippen molar-refractivity contribution in [1.82, 2.24) is 10.3 Å². The van der Waals surface area contributed by atoms with E-state index >= 15 is 0 Å². The van der Waals surface area contributed by atoms with E-state index in [-0.39, 0.29) is 17.7 Å². The van der Waals surface area contributed by atoms with E-state index in [1.165, 1.54) is 7.11 Å². The summed E-state index contributed by atoms with van der Waals surface area (Å²) in [6, 6.07) is 13.8. The average molecular weight is 424 g/mol. The van der Waals surface area contributed by atoms with Crippen molar-refractivity contribution in [1.29, 1.82) is 0 Å². The van der Waals surface area contributed by atoms with Gasteiger partial charge in [0.1, 0.15) is 11.8 Å². The molecule has 3 aromatic rings. The van der Waals surface area contributed by atoms with Gasteiger partial charge in [0.2, 0.25) is 5.91 Å². The van der Waals surface area contributed by atoms with Gasteiger partial charge < -0.3 is 15.4 Å². The summed E-state index contributed by atoms with van der Waals surface area (Å²) in [5.41, 5.74) is 2.84. The van der Waals surface area contributed by atoms with Crippen LogP contribution in [0.5, 0.6) is 5.75 Å². The number of benzene rings is 2. The molecule has 3 rings (SSSR count). The fraction of sp³-hybridized carbons (Fsp3) is 0.261. The Kier molecular flexibility index (Phi) is 6.84. The van der Waals surface area contributed by atoms with E-state index in [4.69, 9.17) is 4.74 Å². The van der Waals surface area contributed by atoms with Crippen LogP contribution in [0.4, 0.5) is 5.69 Å². The number of aryl methyl sites for hydroxylation is 1. The van der Waals surface area contributed by atoms with Crippen molar-refractivity contribution >= 4 is 28.8 Å². The number of nitrogens with zero attached hydrogens (tertiary/aromatic N) is 1. The number of carbonyl (C=O) groups is 2. The Labute approximate surface area is 180 Å². The van der Waals surface area contributed by atoms with Crippen LogP contribution in [0.15, 0.2) is 53.9 Å². The smallest absolute Gasteiger partial charge is 0.255 e. The molecule has 0 spiro atoms. The molecule has 0 aliphatic heterocycles. The minimum Gasteiger partial charge on any atom is -0.496 e. The van der Waals surface area contributed by atoms with E-state index in [2.05, 4.69) is 15.6 Å². The highest BCUT2D eigenvalue weighted by Gasteiger charge is 2.26. The molecule has 0 bridgehead atoms. The molecule has 30 heavy (non-hydrogen) atoms. The van der Waals surface area contributed by atoms with Gasteiger partial charge in [0, 0.05) is 16.6 Å². The quantitative estimate of drug-likeness (QED) is 0.585. The first-order valence-electron chi connectivity index (χ1n) is 9.66. The van der Waals surface area contributed by atoms with Crippen LogP contribution >= 0.6 is 11.3 Å². The van der Waals surface area contributed by atoms with Gasteiger partial charge in [0.05, 0.1) is 23.4 Å². The molecule has 0 saturated carbocycles. The van der Waals surface area contributed by atoms with E-state index in [1.54, 1.807) is 35.6 Å². The van der Waals surface area contributed by atoms with Crippen LogP contribution in [0.1, 0.15) is 29.2 Å². The third-order valence-electron chi connectivity index (χ3n) is 4.63. The van der Waals surface area contributed by atoms with Gasteiger partial charge in [-0.15, -0.1) is 11.3 Å². The SMILES string of the molecule is COc1ccccc1C(=O)NC(C(=O)Nc1cccc(-c2csc(C)n2)c1)C(C)C. The second kappa shape index (κ2) is 9.54. The molecule has 0 saturated heterocycles. The molecule has 156 valence electrons. The van der Waals surface area contributed by atoms with E-state index in [1.807, 2.05) is 50.4 Å². The molecule has 7 heteroatoms. The molecule has 6 nitrogen and oxygen atoms in total. The zero-order chi connectivity index (χ0) is 21.7. The summed E-state index contributed by atoms with van der Waals surface area (Å²) in [5.74, 6) is -0.273. The van der Waals surface area contributed by atoms with Crippen molar-refractivity contribution in [2.75, 3.05) is 12.4 Å². The monoisotopic (exact) mass is 423 g/mol. The van der Waals surface area contributed by atoms with Crippen molar-refractivity contribution in [2.45, 2.75) is 26.8 Å². The van der Waals surface area contributed by atoms with Crippen molar-refractivity contribution in [3.8, 4) is 17.0 Å². The number of nitrogens with one attached hydrogen (secondary N) is 2. The first-order valence-corrected chi connectivity index (χ1v) is 10.5. The molecule has 0 aliphatic rings. The fourth-order valence-corrected chi connectivity index (χ4v) is 3.68. The van der Waals surface area contributed by atoms with Crippen LogP contribution in [0.3, 0.4) is 0 Å². The summed E-state index contributed by atoms with van der Waals surface area (Å²) >= 11 is 1.58. The predicted octanol–water partition coefficient (Wildman–Crippen LogP) is 4.52. The van der Waals surface area contributed by atoms with E-state index in [9.17, 15) is 9.59 Å². The van der Waals surface area contributed by atoms with Crippen LogP contribution in [0.2, 0.25) is 0 Å². The zero-order valence-corrected chi connectivity index (χ0v) is 18.2. The van der Waals surface area contributed by atoms with E-state index in [0.29, 0.717) is 17.0 Å². The summed E-state index contributed by atoms with van der Waals surface area (Å²) in [4.78, 5) is 30.2. The van der Waals surface area contributed by atoms with Gasteiger partial charge in [-0.3, -0.25) is 9.59 Å². The molecule has 2 N–H and O–H groups in total. The molecule has 2 aromatic carbocycles. The Balaban J connectivity index is 1.75. The van der Waals surface area contributed by atoms with Crippen molar-refractivity contribution < 1.29 is 14.3 Å². The number of carbonyl (C=O) groups excluding carboxylic acids is 2. The summed E-state index contributed by atoms with van der Waals surface area (Å²) in [5, 5.41) is 8.72. The topological polar surface area (TPSA) is 80.3 Å². The molecule has 1 unspecified atom stereocenters. The predicted molar refractivity (Wildman–Crippen MR) is 120 cm³/mol. The zero-order valence-electron chi connectivity index (χ0n) is 17.4. The fourth-order valence-electron chi connectivity index (χ4n) is 3.06. The number of hydrogen-bond acceptors (Lipinski definition) is 5. The van der Waals surface area contributed by atoms with Crippen LogP contribution in [-0.4, -0.2) is 29.9 Å². The Morgan fingerprint density at radius 1 is 1.10 bits per heavy atom. The lowest BCUT2D eigenvalue weighted by Crippen LogP contribution is -2.47. The van der Waals surface area contributed by atoms with Gasteiger partial charge in [-0.25, -0.2) is 4.98 Å². The molecular formula is C23H25N3O3S. The van der Waals surface area contributed by atoms with Crippen LogP contribution in [0.25, 0.3) is 11.3 Å². The Hall–Kier alpha value is -3.19. The maximum atomic E-state index is 13.0. The molecule has 0 aliphatic carbocycles. The maximum Gasteiger partial charge on any atom is 0.255 e. The third-order valence-corrected chi connectivity index (χ3v) is 5.41. The number of rotatable bonds is 7. The molecule has 1 heterocycles. The minimum absolute atomic E-state index is 0.104. The molecule has 0 radical (unpaired) electrons. The highest BCUT2D eigenvalue weighted by atomic mass is 32.1. The molecule has 1 atom stereocenters. The van der Waals surface area contributed by atoms with Crippen molar-refractivity contribution in [3.63, 3.8) is 0 Å². The number of ether oxygens (including phenoxy) is 1. The summed E-state index contributed by atoms with van der Waals surface area (Å²) in [6.45, 7) is 5.74. The van der Waals surface area contributed by atoms with Gasteiger partial charge in [-0.05, 0) is 37.1 Å². The molecular weight excluding hydrogens is 398 g/mol. The summed E-state index contributed by atoms with van der Waals surface area (Å²) in [6.07, 6.45) is 0. The number of hydrogen-bond donors (Lipinski definition) is 2. The Morgan fingerprint density at radius 3 is 2.53 bits per heavy atom. The van der Waals surface area contributed by atoms with Crippen LogP contribution in [-0.2, 0) is 4.79 Å². The van der Waals surface area contributed by atoms with Gasteiger partial charge >= 0.3 is 0 Å². The Bertz CT molecular complexity index is 1050. The molecule has 1 aromatic heterocycles. The average Bonchev–Trinajstić information content (AvgIpc) is 3.18. The van der Waals surface area contributed by atoms with Gasteiger partial charge in [-0.2, -0.15) is 0 Å². The summed E-state index contributed by atoms with van der Waals surface area (Å²) in [7, 11) is 1.51. The first-order chi connectivity index (χ1) is 14.4. The highest BCUT2D eigenvalue weighted by molar-refractivity contribution is 7.09. The van der Waals surface area contributed by atoms with Crippen LogP contribution in [0, 0.1) is 12.8 Å². The lowest BCUT2D eigenvalue weighted by atomic mass is 10.0. The van der Waals surface area contributed by atoms with E-state index < -0.39 is 6.04 Å². The number of anilines is 1. The number of aromatic nitrogens is 1. The Morgan fingerprint density at radius 2 is 1.87 bits per heavy atom. The van der Waals surface area contributed by atoms with Crippen molar-refractivity contribution in [3.05, 3.63) is 64.5 Å². The van der Waals surface area contributed by atoms with Gasteiger partial charge in [0.15, 0.2) is 0 Å². The highest BCUT2D eigenvalue weighted by Crippen LogP contribution is 2.24. The van der Waals surface area contributed by atoms with Gasteiger partial charge in [-0.1, -0.05) is 38.1 Å². The van der Waals surface area contributed by atoms with Gasteiger partial charge in [0.25, 0.3) is 5.91 Å². The second-order valence-electron chi connectivity index (χ2n) is 7.22. The number of para-hydroxylation sites is 1. The largest absolute Gasteiger partial charge is 0.496 e. The number of amides is 2. The number of thiazole rings is 1. The maximum absolute atomic E-state index is 13.0. The third kappa shape index (κ3) is 5.04. The lowest BCUT2D eigenvalue weighted by molar-refractivity contribution is -0.118. The van der Waals surface area contributed by atoms with E-state index in [0.717, 1.165) is 16.3 Å². The van der Waals surface area contributed by atoms with Crippen LogP contribution < -0.4 is 15.4 Å². The van der Waals surface area contributed by atoms with Crippen molar-refractivity contribution in [2.24, 2.45) is 5.92 Å². The molecule has 0 fully saturated rings. The lowest BCUT2D eigenvalue weighted by Gasteiger charge is -2.22. The standard InChI is InChI=1S/C23H25N3O3S/c1-14(2)21(26-22(27)18-10-5-6-11-20(18)29-4)23(28)25-17-9-7-8-16(12-17)19-13-30-15(3)24-19/h5-14,21H,1-4H3,(H,25,28)(H,26,27). The normalized spacial score (nSPS) is 11.8. The number of methoxy groups -OCH3 is 1.